The molecule has 0 bridgehead atoms. The molecule has 3 rings (SSSR count). The lowest BCUT2D eigenvalue weighted by molar-refractivity contribution is 0.386. The summed E-state index contributed by atoms with van der Waals surface area (Å²) in [6.07, 6.45) is 5.68. The largest absolute Gasteiger partial charge is 0.541 e. The standard InChI is InChI=1S/C23H29N3O2SSi/c1-23(2,3)30(5,6)28-19-13-11-17(15-20(19)27-4)10-12-18-16-22(29)26(25-18)21-9-7-8-14-24-21/h7-16,29H,1-6H3/b12-10+. The van der Waals surface area contributed by atoms with E-state index in [-0.39, 0.29) is 5.04 Å². The fourth-order valence-corrected chi connectivity index (χ4v) is 3.90. The van der Waals surface area contributed by atoms with Crippen molar-refractivity contribution in [2.45, 2.75) is 43.9 Å². The quantitative estimate of drug-likeness (QED) is 0.371. The van der Waals surface area contributed by atoms with Crippen LogP contribution in [0.1, 0.15) is 32.0 Å². The van der Waals surface area contributed by atoms with Crippen LogP contribution in [0.3, 0.4) is 0 Å². The molecule has 0 aliphatic carbocycles. The Morgan fingerprint density at radius 2 is 1.80 bits per heavy atom. The number of ether oxygens (including phenoxy) is 1. The van der Waals surface area contributed by atoms with E-state index in [0.717, 1.165) is 33.6 Å². The van der Waals surface area contributed by atoms with Crippen molar-refractivity contribution >= 4 is 33.1 Å². The molecule has 0 radical (unpaired) electrons. The van der Waals surface area contributed by atoms with Gasteiger partial charge in [0.15, 0.2) is 11.6 Å². The van der Waals surface area contributed by atoms with Crippen molar-refractivity contribution in [1.82, 2.24) is 14.8 Å². The van der Waals surface area contributed by atoms with E-state index in [1.165, 1.54) is 0 Å². The van der Waals surface area contributed by atoms with Gasteiger partial charge in [0.2, 0.25) is 0 Å². The molecule has 0 atom stereocenters. The van der Waals surface area contributed by atoms with E-state index in [2.05, 4.69) is 56.6 Å². The third-order valence-corrected chi connectivity index (χ3v) is 10.0. The van der Waals surface area contributed by atoms with Gasteiger partial charge in [0, 0.05) is 6.20 Å². The van der Waals surface area contributed by atoms with E-state index < -0.39 is 8.32 Å². The Labute approximate surface area is 185 Å². The van der Waals surface area contributed by atoms with Gasteiger partial charge in [0.1, 0.15) is 5.75 Å². The van der Waals surface area contributed by atoms with Gasteiger partial charge in [-0.3, -0.25) is 0 Å². The normalized spacial score (nSPS) is 12.4. The average Bonchev–Trinajstić information content (AvgIpc) is 3.07. The summed E-state index contributed by atoms with van der Waals surface area (Å²) in [5.41, 5.74) is 1.80. The average molecular weight is 440 g/mol. The van der Waals surface area contributed by atoms with Crippen LogP contribution in [-0.4, -0.2) is 30.2 Å². The first-order chi connectivity index (χ1) is 14.1. The van der Waals surface area contributed by atoms with Crippen molar-refractivity contribution in [2.75, 3.05) is 7.11 Å². The lowest BCUT2D eigenvalue weighted by Gasteiger charge is -2.36. The maximum atomic E-state index is 6.43. The number of methoxy groups -OCH3 is 1. The molecule has 0 unspecified atom stereocenters. The first kappa shape index (κ1) is 22.2. The molecule has 0 amide bonds. The van der Waals surface area contributed by atoms with E-state index in [4.69, 9.17) is 9.16 Å². The molecule has 2 heterocycles. The number of rotatable bonds is 6. The summed E-state index contributed by atoms with van der Waals surface area (Å²) in [7, 11) is -0.273. The number of pyridine rings is 1. The minimum Gasteiger partial charge on any atom is -0.541 e. The molecule has 3 aromatic rings. The second kappa shape index (κ2) is 8.69. The second-order valence-electron chi connectivity index (χ2n) is 8.63. The summed E-state index contributed by atoms with van der Waals surface area (Å²) >= 11 is 4.51. The minimum absolute atomic E-state index is 0.119. The highest BCUT2D eigenvalue weighted by Gasteiger charge is 2.39. The van der Waals surface area contributed by atoms with Gasteiger partial charge in [-0.1, -0.05) is 39.0 Å². The number of aromatic nitrogens is 3. The summed E-state index contributed by atoms with van der Waals surface area (Å²) < 4.78 is 13.7. The van der Waals surface area contributed by atoms with Crippen molar-refractivity contribution in [3.8, 4) is 17.3 Å². The predicted molar refractivity (Wildman–Crippen MR) is 128 cm³/mol. The van der Waals surface area contributed by atoms with Gasteiger partial charge < -0.3 is 9.16 Å². The van der Waals surface area contributed by atoms with E-state index in [9.17, 15) is 0 Å². The molecule has 0 saturated carbocycles. The Hall–Kier alpha value is -2.51. The summed E-state index contributed by atoms with van der Waals surface area (Å²) in [6, 6.07) is 13.6. The Morgan fingerprint density at radius 3 is 2.43 bits per heavy atom. The summed E-state index contributed by atoms with van der Waals surface area (Å²) in [6.45, 7) is 11.1. The first-order valence-electron chi connectivity index (χ1n) is 9.86. The Bertz CT molecular complexity index is 1040. The molecule has 0 aliphatic rings. The van der Waals surface area contributed by atoms with Crippen LogP contribution in [0.25, 0.3) is 18.0 Å². The Kier molecular flexibility index (Phi) is 6.43. The summed E-state index contributed by atoms with van der Waals surface area (Å²) in [5, 5.41) is 5.42. The van der Waals surface area contributed by atoms with Crippen molar-refractivity contribution in [3.63, 3.8) is 0 Å². The van der Waals surface area contributed by atoms with Crippen molar-refractivity contribution < 1.29 is 9.16 Å². The van der Waals surface area contributed by atoms with Crippen LogP contribution in [-0.2, 0) is 0 Å². The van der Waals surface area contributed by atoms with E-state index in [0.29, 0.717) is 0 Å². The molecule has 0 aliphatic heterocycles. The highest BCUT2D eigenvalue weighted by atomic mass is 32.1. The third kappa shape index (κ3) is 4.96. The highest BCUT2D eigenvalue weighted by Crippen LogP contribution is 2.40. The van der Waals surface area contributed by atoms with E-state index in [1.807, 2.05) is 54.6 Å². The summed E-state index contributed by atoms with van der Waals surface area (Å²) in [5.74, 6) is 2.25. The van der Waals surface area contributed by atoms with Crippen molar-refractivity contribution in [2.24, 2.45) is 0 Å². The molecule has 2 aromatic heterocycles. The maximum absolute atomic E-state index is 6.43. The first-order valence-corrected chi connectivity index (χ1v) is 13.2. The number of hydrogen-bond donors (Lipinski definition) is 1. The smallest absolute Gasteiger partial charge is 0.250 e. The van der Waals surface area contributed by atoms with Crippen LogP contribution in [0.2, 0.25) is 18.1 Å². The van der Waals surface area contributed by atoms with E-state index >= 15 is 0 Å². The number of benzene rings is 1. The van der Waals surface area contributed by atoms with Gasteiger partial charge in [-0.2, -0.15) is 5.10 Å². The van der Waals surface area contributed by atoms with Gasteiger partial charge in [0.25, 0.3) is 8.32 Å². The van der Waals surface area contributed by atoms with Gasteiger partial charge >= 0.3 is 0 Å². The highest BCUT2D eigenvalue weighted by molar-refractivity contribution is 7.80. The molecule has 5 nitrogen and oxygen atoms in total. The lowest BCUT2D eigenvalue weighted by Crippen LogP contribution is -2.43. The Morgan fingerprint density at radius 1 is 1.03 bits per heavy atom. The lowest BCUT2D eigenvalue weighted by atomic mass is 10.2. The predicted octanol–water partition coefficient (Wildman–Crippen LogP) is 6.12. The molecular formula is C23H29N3O2SSi. The molecule has 0 saturated heterocycles. The van der Waals surface area contributed by atoms with Gasteiger partial charge in [0.05, 0.1) is 17.8 Å². The molecule has 0 N–H and O–H groups in total. The maximum Gasteiger partial charge on any atom is 0.250 e. The molecule has 0 spiro atoms. The number of thiol groups is 1. The van der Waals surface area contributed by atoms with Crippen LogP contribution in [0.5, 0.6) is 11.5 Å². The third-order valence-electron chi connectivity index (χ3n) is 5.38. The molecular weight excluding hydrogens is 410 g/mol. The topological polar surface area (TPSA) is 49.2 Å². The summed E-state index contributed by atoms with van der Waals surface area (Å²) in [4.78, 5) is 4.32. The molecule has 1 aromatic carbocycles. The van der Waals surface area contributed by atoms with Gasteiger partial charge in [-0.05, 0) is 60.1 Å². The van der Waals surface area contributed by atoms with Gasteiger partial charge in [-0.15, -0.1) is 12.6 Å². The number of hydrogen-bond acceptors (Lipinski definition) is 5. The number of nitrogens with zero attached hydrogens (tertiary/aromatic N) is 3. The van der Waals surface area contributed by atoms with Crippen LogP contribution in [0.4, 0.5) is 0 Å². The van der Waals surface area contributed by atoms with Crippen LogP contribution >= 0.6 is 12.6 Å². The van der Waals surface area contributed by atoms with Crippen LogP contribution < -0.4 is 9.16 Å². The van der Waals surface area contributed by atoms with Crippen molar-refractivity contribution in [3.05, 3.63) is 59.9 Å². The Balaban J connectivity index is 1.82. The zero-order valence-electron chi connectivity index (χ0n) is 18.4. The molecule has 158 valence electrons. The van der Waals surface area contributed by atoms with E-state index in [1.54, 1.807) is 18.0 Å². The zero-order valence-corrected chi connectivity index (χ0v) is 20.3. The second-order valence-corrected chi connectivity index (χ2v) is 13.8. The molecule has 7 heteroatoms. The van der Waals surface area contributed by atoms with Crippen molar-refractivity contribution in [1.29, 1.82) is 0 Å². The molecule has 30 heavy (non-hydrogen) atoms. The van der Waals surface area contributed by atoms with Gasteiger partial charge in [-0.25, -0.2) is 9.67 Å². The van der Waals surface area contributed by atoms with Crippen LogP contribution in [0, 0.1) is 0 Å². The zero-order chi connectivity index (χ0) is 21.9. The SMILES string of the molecule is COc1cc(/C=C/c2cc(S)n(-c3ccccn3)n2)ccc1O[Si](C)(C)C(C)(C)C. The fraction of sp³-hybridized carbons (Fsp3) is 0.304. The van der Waals surface area contributed by atoms with Crippen LogP contribution in [0.15, 0.2) is 53.7 Å². The monoisotopic (exact) mass is 439 g/mol. The minimum atomic E-state index is -1.94. The molecule has 0 fully saturated rings. The fourth-order valence-electron chi connectivity index (χ4n) is 2.60.